The van der Waals surface area contributed by atoms with E-state index < -0.39 is 0 Å². The summed E-state index contributed by atoms with van der Waals surface area (Å²) in [5.41, 5.74) is 0.660. The van der Waals surface area contributed by atoms with E-state index in [1.54, 1.807) is 0 Å². The van der Waals surface area contributed by atoms with Gasteiger partial charge in [-0.2, -0.15) is 0 Å². The maximum absolute atomic E-state index is 5.70. The molecule has 2 bridgehead atoms. The molecule has 0 radical (unpaired) electrons. The highest BCUT2D eigenvalue weighted by Crippen LogP contribution is 2.62. The van der Waals surface area contributed by atoms with Gasteiger partial charge in [-0.25, -0.2) is 0 Å². The summed E-state index contributed by atoms with van der Waals surface area (Å²) in [6.45, 7) is 10.7. The molecule has 1 aromatic heterocycles. The lowest BCUT2D eigenvalue weighted by atomic mass is 9.68. The molecule has 20 heavy (non-hydrogen) atoms. The predicted octanol–water partition coefficient (Wildman–Crippen LogP) is 2.81. The minimum absolute atomic E-state index is 0.295. The van der Waals surface area contributed by atoms with Crippen molar-refractivity contribution in [1.82, 2.24) is 15.5 Å². The average Bonchev–Trinajstić information content (AvgIpc) is 3.04. The topological polar surface area (TPSA) is 63.0 Å². The van der Waals surface area contributed by atoms with Gasteiger partial charge >= 0.3 is 6.01 Å². The monoisotopic (exact) mass is 278 g/mol. The standard InChI is InChI=1S/C15H26N4O/c1-5-16-9-11-18-19-13(20-11)17-12-14(2,3)10-6-7-15(12,4)8-10/h10,12,16H,5-9H2,1-4H3,(H,17,19). The Labute approximate surface area is 120 Å². The van der Waals surface area contributed by atoms with Gasteiger partial charge in [0, 0.05) is 6.04 Å². The van der Waals surface area contributed by atoms with Crippen molar-refractivity contribution in [3.63, 3.8) is 0 Å². The Morgan fingerprint density at radius 2 is 2.10 bits per heavy atom. The molecule has 0 aromatic carbocycles. The van der Waals surface area contributed by atoms with Crippen molar-refractivity contribution in [3.05, 3.63) is 5.89 Å². The summed E-state index contributed by atoms with van der Waals surface area (Å²) in [5.74, 6) is 1.47. The van der Waals surface area contributed by atoms with Gasteiger partial charge in [0.2, 0.25) is 5.89 Å². The number of nitrogens with zero attached hydrogens (tertiary/aromatic N) is 2. The van der Waals surface area contributed by atoms with Crippen molar-refractivity contribution >= 4 is 6.01 Å². The zero-order chi connectivity index (χ0) is 14.4. The lowest BCUT2D eigenvalue weighted by molar-refractivity contribution is 0.153. The molecule has 0 spiro atoms. The van der Waals surface area contributed by atoms with Gasteiger partial charge in [0.1, 0.15) is 0 Å². The van der Waals surface area contributed by atoms with Crippen LogP contribution in [-0.4, -0.2) is 22.8 Å². The number of rotatable bonds is 5. The number of hydrogen-bond donors (Lipinski definition) is 2. The Balaban J connectivity index is 1.72. The SMILES string of the molecule is CCNCc1nnc(NC2C3(C)CCC(C3)C2(C)C)o1. The third-order valence-corrected chi connectivity index (χ3v) is 5.53. The van der Waals surface area contributed by atoms with Crippen LogP contribution in [0.25, 0.3) is 0 Å². The summed E-state index contributed by atoms with van der Waals surface area (Å²) >= 11 is 0. The largest absolute Gasteiger partial charge is 0.407 e. The Bertz CT molecular complexity index is 479. The van der Waals surface area contributed by atoms with Gasteiger partial charge in [0.15, 0.2) is 0 Å². The lowest BCUT2D eigenvalue weighted by Crippen LogP contribution is -2.45. The molecule has 3 rings (SSSR count). The molecule has 1 aromatic rings. The van der Waals surface area contributed by atoms with Crippen molar-refractivity contribution in [2.24, 2.45) is 16.7 Å². The van der Waals surface area contributed by atoms with Crippen molar-refractivity contribution in [2.75, 3.05) is 11.9 Å². The van der Waals surface area contributed by atoms with Gasteiger partial charge < -0.3 is 15.1 Å². The maximum atomic E-state index is 5.70. The van der Waals surface area contributed by atoms with E-state index in [0.717, 1.165) is 12.5 Å². The second kappa shape index (κ2) is 4.72. The van der Waals surface area contributed by atoms with E-state index in [1.807, 2.05) is 0 Å². The molecule has 2 fully saturated rings. The van der Waals surface area contributed by atoms with Gasteiger partial charge in [-0.3, -0.25) is 0 Å². The number of fused-ring (bicyclic) bond motifs is 2. The number of anilines is 1. The normalized spacial score (nSPS) is 34.6. The minimum atomic E-state index is 0.295. The smallest absolute Gasteiger partial charge is 0.315 e. The fourth-order valence-corrected chi connectivity index (χ4v) is 4.40. The van der Waals surface area contributed by atoms with Crippen LogP contribution in [0.2, 0.25) is 0 Å². The van der Waals surface area contributed by atoms with E-state index >= 15 is 0 Å². The van der Waals surface area contributed by atoms with Crippen LogP contribution in [-0.2, 0) is 6.54 Å². The summed E-state index contributed by atoms with van der Waals surface area (Å²) in [6.07, 6.45) is 3.98. The molecule has 0 amide bonds. The first-order valence-corrected chi connectivity index (χ1v) is 7.75. The van der Waals surface area contributed by atoms with Crippen molar-refractivity contribution in [3.8, 4) is 0 Å². The second-order valence-corrected chi connectivity index (χ2v) is 7.27. The summed E-state index contributed by atoms with van der Waals surface area (Å²) in [4.78, 5) is 0. The molecule has 3 unspecified atom stereocenters. The van der Waals surface area contributed by atoms with Crippen LogP contribution >= 0.6 is 0 Å². The first-order chi connectivity index (χ1) is 9.45. The highest BCUT2D eigenvalue weighted by Gasteiger charge is 2.59. The van der Waals surface area contributed by atoms with Gasteiger partial charge in [0.05, 0.1) is 6.54 Å². The van der Waals surface area contributed by atoms with Crippen LogP contribution in [0.3, 0.4) is 0 Å². The Morgan fingerprint density at radius 1 is 1.30 bits per heavy atom. The molecule has 2 saturated carbocycles. The van der Waals surface area contributed by atoms with Gasteiger partial charge in [-0.05, 0) is 42.6 Å². The highest BCUT2D eigenvalue weighted by molar-refractivity contribution is 5.28. The molecule has 2 aliphatic rings. The van der Waals surface area contributed by atoms with E-state index in [2.05, 4.69) is 48.5 Å². The average molecular weight is 278 g/mol. The van der Waals surface area contributed by atoms with E-state index in [4.69, 9.17) is 4.42 Å². The van der Waals surface area contributed by atoms with Gasteiger partial charge in [0.25, 0.3) is 0 Å². The lowest BCUT2D eigenvalue weighted by Gasteiger charge is -2.42. The molecule has 2 aliphatic carbocycles. The second-order valence-electron chi connectivity index (χ2n) is 7.27. The molecule has 2 N–H and O–H groups in total. The number of nitrogens with one attached hydrogen (secondary N) is 2. The van der Waals surface area contributed by atoms with Crippen LogP contribution in [0.4, 0.5) is 6.01 Å². The van der Waals surface area contributed by atoms with Crippen LogP contribution in [0, 0.1) is 16.7 Å². The number of aromatic nitrogens is 2. The van der Waals surface area contributed by atoms with Crippen molar-refractivity contribution in [2.45, 2.75) is 59.5 Å². The highest BCUT2D eigenvalue weighted by atomic mass is 16.4. The van der Waals surface area contributed by atoms with E-state index in [0.29, 0.717) is 35.3 Å². The zero-order valence-electron chi connectivity index (χ0n) is 13.0. The maximum Gasteiger partial charge on any atom is 0.315 e. The van der Waals surface area contributed by atoms with E-state index in [1.165, 1.54) is 19.3 Å². The van der Waals surface area contributed by atoms with Crippen molar-refractivity contribution in [1.29, 1.82) is 0 Å². The summed E-state index contributed by atoms with van der Waals surface area (Å²) in [6, 6.07) is 0.992. The Kier molecular flexibility index (Phi) is 3.27. The third-order valence-electron chi connectivity index (χ3n) is 5.53. The molecular weight excluding hydrogens is 252 g/mol. The number of hydrogen-bond acceptors (Lipinski definition) is 5. The van der Waals surface area contributed by atoms with E-state index in [-0.39, 0.29) is 0 Å². The van der Waals surface area contributed by atoms with Gasteiger partial charge in [-0.15, -0.1) is 5.10 Å². The minimum Gasteiger partial charge on any atom is -0.407 e. The third kappa shape index (κ3) is 2.12. The first-order valence-electron chi connectivity index (χ1n) is 7.75. The zero-order valence-corrected chi connectivity index (χ0v) is 13.0. The van der Waals surface area contributed by atoms with Crippen LogP contribution < -0.4 is 10.6 Å². The Morgan fingerprint density at radius 3 is 2.75 bits per heavy atom. The Hall–Kier alpha value is -1.10. The fourth-order valence-electron chi connectivity index (χ4n) is 4.40. The summed E-state index contributed by atoms with van der Waals surface area (Å²) in [5, 5.41) is 15.0. The molecule has 5 heteroatoms. The molecule has 0 saturated heterocycles. The van der Waals surface area contributed by atoms with Crippen LogP contribution in [0.5, 0.6) is 0 Å². The molecule has 5 nitrogen and oxygen atoms in total. The quantitative estimate of drug-likeness (QED) is 0.867. The molecule has 0 aliphatic heterocycles. The van der Waals surface area contributed by atoms with Gasteiger partial charge in [-0.1, -0.05) is 32.8 Å². The summed E-state index contributed by atoms with van der Waals surface area (Å²) < 4.78 is 5.70. The van der Waals surface area contributed by atoms with Crippen molar-refractivity contribution < 1.29 is 4.42 Å². The molecule has 1 heterocycles. The van der Waals surface area contributed by atoms with Crippen LogP contribution in [0.15, 0.2) is 4.42 Å². The first kappa shape index (κ1) is 13.9. The summed E-state index contributed by atoms with van der Waals surface area (Å²) in [7, 11) is 0. The molecular formula is C15H26N4O. The fraction of sp³-hybridized carbons (Fsp3) is 0.867. The van der Waals surface area contributed by atoms with Crippen LogP contribution in [0.1, 0.15) is 52.8 Å². The molecule has 112 valence electrons. The predicted molar refractivity (Wildman–Crippen MR) is 78.3 cm³/mol. The molecule has 3 atom stereocenters. The van der Waals surface area contributed by atoms with E-state index in [9.17, 15) is 0 Å².